The third-order valence-corrected chi connectivity index (χ3v) is 2.90. The van der Waals surface area contributed by atoms with Crippen molar-refractivity contribution in [3.05, 3.63) is 39.9 Å². The van der Waals surface area contributed by atoms with Crippen molar-refractivity contribution in [2.45, 2.75) is 13.1 Å². The second kappa shape index (κ2) is 6.10. The number of benzene rings is 1. The molecule has 0 radical (unpaired) electrons. The third kappa shape index (κ3) is 4.94. The SMILES string of the molecule is C/C(=C/C(=O)O)CNc1ccc(Br)c(C(F)(F)F)c1. The summed E-state index contributed by atoms with van der Waals surface area (Å²) in [7, 11) is 0. The zero-order chi connectivity index (χ0) is 14.6. The molecule has 1 aromatic carbocycles. The predicted molar refractivity (Wildman–Crippen MR) is 69.0 cm³/mol. The van der Waals surface area contributed by atoms with Crippen LogP contribution < -0.4 is 5.32 Å². The van der Waals surface area contributed by atoms with Crippen LogP contribution in [0.4, 0.5) is 18.9 Å². The number of hydrogen-bond acceptors (Lipinski definition) is 2. The molecule has 1 rings (SSSR count). The van der Waals surface area contributed by atoms with Gasteiger partial charge in [-0.15, -0.1) is 0 Å². The van der Waals surface area contributed by atoms with Gasteiger partial charge in [0, 0.05) is 22.8 Å². The molecule has 0 aliphatic carbocycles. The Morgan fingerprint density at radius 3 is 2.63 bits per heavy atom. The second-order valence-corrected chi connectivity index (χ2v) is 4.73. The summed E-state index contributed by atoms with van der Waals surface area (Å²) in [6, 6.07) is 3.74. The molecule has 0 aliphatic rings. The maximum absolute atomic E-state index is 12.7. The Bertz CT molecular complexity index is 512. The molecular weight excluding hydrogens is 327 g/mol. The van der Waals surface area contributed by atoms with Gasteiger partial charge in [0.2, 0.25) is 0 Å². The number of halogens is 4. The lowest BCUT2D eigenvalue weighted by Crippen LogP contribution is -2.09. The largest absolute Gasteiger partial charge is 0.478 e. The molecule has 7 heteroatoms. The van der Waals surface area contributed by atoms with E-state index in [1.54, 1.807) is 6.92 Å². The molecule has 0 atom stereocenters. The standard InChI is InChI=1S/C12H11BrF3NO2/c1-7(4-11(18)19)6-17-8-2-3-10(13)9(5-8)12(14,15)16/h2-5,17H,6H2,1H3,(H,18,19)/b7-4-. The highest BCUT2D eigenvalue weighted by Gasteiger charge is 2.33. The van der Waals surface area contributed by atoms with Crippen LogP contribution in [0.2, 0.25) is 0 Å². The first-order chi connectivity index (χ1) is 8.70. The highest BCUT2D eigenvalue weighted by Crippen LogP contribution is 2.36. The van der Waals surface area contributed by atoms with E-state index in [2.05, 4.69) is 21.2 Å². The van der Waals surface area contributed by atoms with Gasteiger partial charge < -0.3 is 10.4 Å². The van der Waals surface area contributed by atoms with E-state index in [1.807, 2.05) is 0 Å². The Hall–Kier alpha value is -1.50. The van der Waals surface area contributed by atoms with Crippen molar-refractivity contribution in [2.24, 2.45) is 0 Å². The van der Waals surface area contributed by atoms with Crippen molar-refractivity contribution in [2.75, 3.05) is 11.9 Å². The molecule has 0 saturated heterocycles. The second-order valence-electron chi connectivity index (χ2n) is 3.87. The lowest BCUT2D eigenvalue weighted by atomic mass is 10.2. The number of aliphatic carboxylic acids is 1. The average Bonchev–Trinajstić information content (AvgIpc) is 2.25. The minimum Gasteiger partial charge on any atom is -0.478 e. The number of anilines is 1. The zero-order valence-corrected chi connectivity index (χ0v) is 11.5. The lowest BCUT2D eigenvalue weighted by molar-refractivity contribution is -0.138. The van der Waals surface area contributed by atoms with Crippen LogP contribution in [-0.2, 0) is 11.0 Å². The highest BCUT2D eigenvalue weighted by molar-refractivity contribution is 9.10. The summed E-state index contributed by atoms with van der Waals surface area (Å²) in [4.78, 5) is 10.4. The van der Waals surface area contributed by atoms with Crippen LogP contribution >= 0.6 is 15.9 Å². The molecule has 0 heterocycles. The molecule has 0 fully saturated rings. The number of hydrogen-bond donors (Lipinski definition) is 2. The van der Waals surface area contributed by atoms with Crippen molar-refractivity contribution >= 4 is 27.6 Å². The quantitative estimate of drug-likeness (QED) is 0.819. The average molecular weight is 338 g/mol. The molecule has 19 heavy (non-hydrogen) atoms. The van der Waals surface area contributed by atoms with E-state index < -0.39 is 17.7 Å². The number of carboxylic acid groups (broad SMARTS) is 1. The fourth-order valence-corrected chi connectivity index (χ4v) is 1.83. The lowest BCUT2D eigenvalue weighted by Gasteiger charge is -2.12. The molecule has 0 spiro atoms. The van der Waals surface area contributed by atoms with E-state index in [4.69, 9.17) is 5.11 Å². The Labute approximate surface area is 116 Å². The van der Waals surface area contributed by atoms with E-state index in [0.717, 1.165) is 12.1 Å². The number of carbonyl (C=O) groups is 1. The Balaban J connectivity index is 2.84. The predicted octanol–water partition coefficient (Wildman–Crippen LogP) is 3.91. The van der Waals surface area contributed by atoms with Crippen LogP contribution in [0.15, 0.2) is 34.3 Å². The minimum atomic E-state index is -4.44. The molecule has 0 unspecified atom stereocenters. The van der Waals surface area contributed by atoms with E-state index in [9.17, 15) is 18.0 Å². The molecule has 0 aromatic heterocycles. The Morgan fingerprint density at radius 2 is 2.11 bits per heavy atom. The van der Waals surface area contributed by atoms with Gasteiger partial charge in [-0.2, -0.15) is 13.2 Å². The summed E-state index contributed by atoms with van der Waals surface area (Å²) in [5.74, 6) is -1.09. The first kappa shape index (κ1) is 15.6. The van der Waals surface area contributed by atoms with Crippen LogP contribution in [0, 0.1) is 0 Å². The van der Waals surface area contributed by atoms with E-state index in [-0.39, 0.29) is 16.7 Å². The van der Waals surface area contributed by atoms with Crippen LogP contribution in [0.5, 0.6) is 0 Å². The maximum Gasteiger partial charge on any atom is 0.417 e. The van der Waals surface area contributed by atoms with Crippen LogP contribution in [-0.4, -0.2) is 17.6 Å². The molecule has 1 aromatic rings. The highest BCUT2D eigenvalue weighted by atomic mass is 79.9. The monoisotopic (exact) mass is 337 g/mol. The summed E-state index contributed by atoms with van der Waals surface area (Å²) >= 11 is 2.84. The molecule has 0 saturated carbocycles. The van der Waals surface area contributed by atoms with Gasteiger partial charge in [-0.3, -0.25) is 0 Å². The van der Waals surface area contributed by atoms with Gasteiger partial charge in [0.15, 0.2) is 0 Å². The number of rotatable bonds is 4. The molecular formula is C12H11BrF3NO2. The molecule has 0 aliphatic heterocycles. The smallest absolute Gasteiger partial charge is 0.417 e. The van der Waals surface area contributed by atoms with Gasteiger partial charge in [-0.1, -0.05) is 15.9 Å². The first-order valence-electron chi connectivity index (χ1n) is 5.21. The molecule has 2 N–H and O–H groups in total. The van der Waals surface area contributed by atoms with Crippen molar-refractivity contribution in [3.63, 3.8) is 0 Å². The van der Waals surface area contributed by atoms with Crippen molar-refractivity contribution in [1.82, 2.24) is 0 Å². The number of alkyl halides is 3. The molecule has 104 valence electrons. The molecule has 0 bridgehead atoms. The number of carboxylic acids is 1. The number of nitrogens with one attached hydrogen (secondary N) is 1. The fraction of sp³-hybridized carbons (Fsp3) is 0.250. The first-order valence-corrected chi connectivity index (χ1v) is 6.00. The molecule has 3 nitrogen and oxygen atoms in total. The molecule has 0 amide bonds. The summed E-state index contributed by atoms with van der Waals surface area (Å²) in [6.07, 6.45) is -3.45. The minimum absolute atomic E-state index is 0.0386. The van der Waals surface area contributed by atoms with Gasteiger partial charge >= 0.3 is 12.1 Å². The maximum atomic E-state index is 12.7. The van der Waals surface area contributed by atoms with E-state index in [1.165, 1.54) is 12.1 Å². The zero-order valence-electron chi connectivity index (χ0n) is 9.88. The summed E-state index contributed by atoms with van der Waals surface area (Å²) in [6.45, 7) is 1.73. The van der Waals surface area contributed by atoms with Crippen LogP contribution in [0.25, 0.3) is 0 Å². The summed E-state index contributed by atoms with van der Waals surface area (Å²) in [5, 5.41) is 11.2. The van der Waals surface area contributed by atoms with Gasteiger partial charge in [0.1, 0.15) is 0 Å². The third-order valence-electron chi connectivity index (χ3n) is 2.21. The topological polar surface area (TPSA) is 49.3 Å². The summed E-state index contributed by atoms with van der Waals surface area (Å²) in [5.41, 5.74) is -0.00462. The summed E-state index contributed by atoms with van der Waals surface area (Å²) < 4.78 is 37.9. The fourth-order valence-electron chi connectivity index (χ4n) is 1.36. The van der Waals surface area contributed by atoms with Crippen LogP contribution in [0.1, 0.15) is 12.5 Å². The van der Waals surface area contributed by atoms with E-state index >= 15 is 0 Å². The van der Waals surface area contributed by atoms with Crippen molar-refractivity contribution in [3.8, 4) is 0 Å². The van der Waals surface area contributed by atoms with Gasteiger partial charge in [-0.05, 0) is 30.7 Å². The van der Waals surface area contributed by atoms with Gasteiger partial charge in [0.05, 0.1) is 5.56 Å². The Morgan fingerprint density at radius 1 is 1.47 bits per heavy atom. The van der Waals surface area contributed by atoms with Gasteiger partial charge in [-0.25, -0.2) is 4.79 Å². The van der Waals surface area contributed by atoms with Crippen molar-refractivity contribution < 1.29 is 23.1 Å². The normalized spacial score (nSPS) is 12.4. The Kier molecular flexibility index (Phi) is 4.99. The van der Waals surface area contributed by atoms with Crippen molar-refractivity contribution in [1.29, 1.82) is 0 Å². The van der Waals surface area contributed by atoms with Gasteiger partial charge in [0.25, 0.3) is 0 Å². The van der Waals surface area contributed by atoms with E-state index in [0.29, 0.717) is 5.57 Å². The van der Waals surface area contributed by atoms with Crippen LogP contribution in [0.3, 0.4) is 0 Å².